The van der Waals surface area contributed by atoms with Gasteiger partial charge in [-0.25, -0.2) is 0 Å². The number of nitrogens with two attached hydrogens (primary N) is 2. The molecular weight excluding hydrogens is 288 g/mol. The second-order valence-corrected chi connectivity index (χ2v) is 4.67. The van der Waals surface area contributed by atoms with E-state index in [1.165, 1.54) is 0 Å². The van der Waals surface area contributed by atoms with E-state index >= 15 is 0 Å². The van der Waals surface area contributed by atoms with Crippen molar-refractivity contribution in [1.82, 2.24) is 0 Å². The van der Waals surface area contributed by atoms with Crippen molar-refractivity contribution in [2.24, 2.45) is 17.4 Å². The Morgan fingerprint density at radius 3 is 2.14 bits per heavy atom. The molecule has 8 nitrogen and oxygen atoms in total. The molecule has 0 aromatic heterocycles. The molecule has 0 amide bonds. The maximum Gasteiger partial charge on any atom is 0.313 e. The van der Waals surface area contributed by atoms with Crippen molar-refractivity contribution in [2.45, 2.75) is 58.7 Å². The molecule has 0 radical (unpaired) electrons. The van der Waals surface area contributed by atoms with Gasteiger partial charge in [-0.2, -0.15) is 10.5 Å². The number of aliphatic carboxylic acids is 1. The van der Waals surface area contributed by atoms with E-state index in [9.17, 15) is 20.0 Å². The Hall–Kier alpha value is -2.16. The van der Waals surface area contributed by atoms with Crippen LogP contribution in [-0.2, 0) is 14.3 Å². The summed E-state index contributed by atoms with van der Waals surface area (Å²) in [6.07, 6.45) is -0.467. The average Bonchev–Trinajstić information content (AvgIpc) is 2.38. The number of hydrogen-bond donors (Lipinski definition) is 3. The van der Waals surface area contributed by atoms with Crippen LogP contribution in [0.2, 0.25) is 0 Å². The van der Waals surface area contributed by atoms with Gasteiger partial charge in [0.1, 0.15) is 17.6 Å². The third-order valence-electron chi connectivity index (χ3n) is 3.21. The minimum absolute atomic E-state index is 0. The third-order valence-corrected chi connectivity index (χ3v) is 3.21. The second kappa shape index (κ2) is 9.72. The first-order valence-electron chi connectivity index (χ1n) is 5.94. The van der Waals surface area contributed by atoms with E-state index in [1.807, 2.05) is 0 Å². The van der Waals surface area contributed by atoms with Crippen LogP contribution in [0.1, 0.15) is 41.5 Å². The van der Waals surface area contributed by atoms with Gasteiger partial charge in [0.25, 0.3) is 6.47 Å². The summed E-state index contributed by atoms with van der Waals surface area (Å²) in [7, 11) is 0. The summed E-state index contributed by atoms with van der Waals surface area (Å²) in [6.45, 7) is 3.00. The number of carbonyl (C=O) groups excluding carboxylic acids is 1. The number of carbonyl (C=O) groups is 2. The third kappa shape index (κ3) is 4.69. The van der Waals surface area contributed by atoms with Crippen LogP contribution in [0.4, 0.5) is 0 Å². The van der Waals surface area contributed by atoms with Crippen LogP contribution in [0.5, 0.6) is 0 Å². The van der Waals surface area contributed by atoms with Gasteiger partial charge in [0.2, 0.25) is 0 Å². The van der Waals surface area contributed by atoms with Gasteiger partial charge in [-0.3, -0.25) is 9.59 Å². The fourth-order valence-corrected chi connectivity index (χ4v) is 1.92. The summed E-state index contributed by atoms with van der Waals surface area (Å²) in [6, 6.07) is 3.23. The maximum absolute atomic E-state index is 11.5. The standard InChI is InChI=1S/C12H18N4O4.2CH4/c1-3-4-8(20-7-17)9(10(18)19)12(16,6-14)11(2,15)5-13;;/h7-9H,3-4,15-16H2,1-2H3,(H,18,19);2*1H4. The summed E-state index contributed by atoms with van der Waals surface area (Å²) in [5.41, 5.74) is 7.33. The Morgan fingerprint density at radius 1 is 1.36 bits per heavy atom. The van der Waals surface area contributed by atoms with Gasteiger partial charge in [-0.1, -0.05) is 28.2 Å². The molecular formula is C14H26N4O4. The molecule has 0 aromatic carbocycles. The van der Waals surface area contributed by atoms with Crippen molar-refractivity contribution in [3.05, 3.63) is 0 Å². The topological polar surface area (TPSA) is 163 Å². The highest BCUT2D eigenvalue weighted by Crippen LogP contribution is 2.31. The Balaban J connectivity index is -0.00000180. The summed E-state index contributed by atoms with van der Waals surface area (Å²) < 4.78 is 4.74. The lowest BCUT2D eigenvalue weighted by atomic mass is 9.69. The molecule has 4 atom stereocenters. The minimum atomic E-state index is -2.21. The predicted octanol–water partition coefficient (Wildman–Crippen LogP) is 0.763. The first-order chi connectivity index (χ1) is 9.21. The lowest BCUT2D eigenvalue weighted by Crippen LogP contribution is -2.70. The van der Waals surface area contributed by atoms with Gasteiger partial charge in [0.15, 0.2) is 5.54 Å². The van der Waals surface area contributed by atoms with Crippen LogP contribution in [0, 0.1) is 28.6 Å². The molecule has 0 aliphatic heterocycles. The Bertz CT molecular complexity index is 453. The molecule has 4 unspecified atom stereocenters. The van der Waals surface area contributed by atoms with E-state index in [1.54, 1.807) is 19.1 Å². The smallest absolute Gasteiger partial charge is 0.313 e. The van der Waals surface area contributed by atoms with Gasteiger partial charge in [-0.05, 0) is 13.3 Å². The van der Waals surface area contributed by atoms with Gasteiger partial charge >= 0.3 is 5.97 Å². The number of ether oxygens (including phenoxy) is 1. The van der Waals surface area contributed by atoms with Crippen LogP contribution in [0.25, 0.3) is 0 Å². The Morgan fingerprint density at radius 2 is 1.86 bits per heavy atom. The molecule has 0 saturated heterocycles. The summed E-state index contributed by atoms with van der Waals surface area (Å²) in [4.78, 5) is 22.0. The number of carboxylic acids is 1. The van der Waals surface area contributed by atoms with Crippen LogP contribution >= 0.6 is 0 Å². The maximum atomic E-state index is 11.5. The summed E-state index contributed by atoms with van der Waals surface area (Å²) in [5, 5.41) is 27.6. The molecule has 8 heteroatoms. The van der Waals surface area contributed by atoms with Crippen molar-refractivity contribution in [3.63, 3.8) is 0 Å². The largest absolute Gasteiger partial charge is 0.481 e. The number of nitrogens with zero attached hydrogens (tertiary/aromatic N) is 2. The highest BCUT2D eigenvalue weighted by molar-refractivity contribution is 5.74. The SMILES string of the molecule is C.C.CCCC(OC=O)C(C(=O)O)C(N)(C#N)C(C)(N)C#N. The van der Waals surface area contributed by atoms with Crippen LogP contribution in [-0.4, -0.2) is 34.7 Å². The summed E-state index contributed by atoms with van der Waals surface area (Å²) in [5.74, 6) is -3.08. The zero-order chi connectivity index (χ0) is 16.0. The van der Waals surface area contributed by atoms with E-state index in [-0.39, 0.29) is 27.7 Å². The molecule has 5 N–H and O–H groups in total. The van der Waals surface area contributed by atoms with E-state index in [0.717, 1.165) is 6.92 Å². The molecule has 22 heavy (non-hydrogen) atoms. The number of hydrogen-bond acceptors (Lipinski definition) is 7. The monoisotopic (exact) mass is 314 g/mol. The minimum Gasteiger partial charge on any atom is -0.481 e. The molecule has 0 heterocycles. The molecule has 0 aromatic rings. The van der Waals surface area contributed by atoms with Crippen molar-refractivity contribution in [1.29, 1.82) is 10.5 Å². The van der Waals surface area contributed by atoms with Crippen LogP contribution in [0.3, 0.4) is 0 Å². The number of carboxylic acid groups (broad SMARTS) is 1. The number of nitriles is 2. The van der Waals surface area contributed by atoms with Crippen LogP contribution < -0.4 is 11.5 Å². The van der Waals surface area contributed by atoms with Crippen molar-refractivity contribution >= 4 is 12.4 Å². The fraction of sp³-hybridized carbons (Fsp3) is 0.714. The Kier molecular flexibility index (Phi) is 11.0. The average molecular weight is 314 g/mol. The van der Waals surface area contributed by atoms with Gasteiger partial charge in [0, 0.05) is 0 Å². The summed E-state index contributed by atoms with van der Waals surface area (Å²) >= 11 is 0. The fourth-order valence-electron chi connectivity index (χ4n) is 1.92. The zero-order valence-corrected chi connectivity index (χ0v) is 11.4. The predicted molar refractivity (Wildman–Crippen MR) is 81.2 cm³/mol. The second-order valence-electron chi connectivity index (χ2n) is 4.67. The molecule has 0 aliphatic carbocycles. The van der Waals surface area contributed by atoms with Crippen molar-refractivity contribution in [3.8, 4) is 12.1 Å². The van der Waals surface area contributed by atoms with Crippen LogP contribution in [0.15, 0.2) is 0 Å². The normalized spacial score (nSPS) is 17.5. The molecule has 0 fully saturated rings. The quantitative estimate of drug-likeness (QED) is 0.553. The van der Waals surface area contributed by atoms with Crippen molar-refractivity contribution in [2.75, 3.05) is 0 Å². The van der Waals surface area contributed by atoms with Gasteiger partial charge < -0.3 is 21.3 Å². The lowest BCUT2D eigenvalue weighted by molar-refractivity contribution is -0.155. The molecule has 0 aliphatic rings. The lowest BCUT2D eigenvalue weighted by Gasteiger charge is -2.39. The highest BCUT2D eigenvalue weighted by Gasteiger charge is 2.56. The van der Waals surface area contributed by atoms with Crippen molar-refractivity contribution < 1.29 is 19.4 Å². The van der Waals surface area contributed by atoms with E-state index in [0.29, 0.717) is 6.42 Å². The molecule has 0 rings (SSSR count). The van der Waals surface area contributed by atoms with Gasteiger partial charge in [-0.15, -0.1) is 0 Å². The molecule has 0 saturated carbocycles. The Labute approximate surface area is 131 Å². The highest BCUT2D eigenvalue weighted by atomic mass is 16.5. The van der Waals surface area contributed by atoms with Gasteiger partial charge in [0.05, 0.1) is 12.1 Å². The zero-order valence-electron chi connectivity index (χ0n) is 11.4. The molecule has 0 bridgehead atoms. The van der Waals surface area contributed by atoms with E-state index < -0.39 is 29.1 Å². The number of rotatable bonds is 8. The van der Waals surface area contributed by atoms with E-state index in [2.05, 4.69) is 0 Å². The first kappa shape index (κ1) is 24.8. The van der Waals surface area contributed by atoms with E-state index in [4.69, 9.17) is 21.5 Å². The molecule has 126 valence electrons. The molecule has 0 spiro atoms. The first-order valence-corrected chi connectivity index (χ1v) is 5.94.